The molecule has 0 radical (unpaired) electrons. The molecule has 1 unspecified atom stereocenters. The van der Waals surface area contributed by atoms with Crippen LogP contribution in [0.15, 0.2) is 53.7 Å². The van der Waals surface area contributed by atoms with Gasteiger partial charge in [0.05, 0.1) is 27.0 Å². The van der Waals surface area contributed by atoms with Crippen molar-refractivity contribution in [3.8, 4) is 0 Å². The second-order valence-corrected chi connectivity index (χ2v) is 7.07. The Morgan fingerprint density at radius 1 is 1.25 bits per heavy atom. The zero-order valence-electron chi connectivity index (χ0n) is 13.6. The van der Waals surface area contributed by atoms with Crippen molar-refractivity contribution in [2.24, 2.45) is 0 Å². The molecule has 2 aromatic heterocycles. The van der Waals surface area contributed by atoms with Crippen LogP contribution in [0, 0.1) is 6.92 Å². The van der Waals surface area contributed by atoms with E-state index in [1.165, 1.54) is 0 Å². The van der Waals surface area contributed by atoms with Gasteiger partial charge in [0.2, 0.25) is 0 Å². The maximum Gasteiger partial charge on any atom is 0.339 e. The monoisotopic (exact) mass is 342 g/mol. The van der Waals surface area contributed by atoms with Gasteiger partial charge in [-0.3, -0.25) is 4.21 Å². The lowest BCUT2D eigenvalue weighted by atomic mass is 10.2. The molecule has 0 spiro atoms. The Labute approximate surface area is 142 Å². The predicted molar refractivity (Wildman–Crippen MR) is 92.4 cm³/mol. The van der Waals surface area contributed by atoms with Crippen molar-refractivity contribution >= 4 is 22.4 Å². The van der Waals surface area contributed by atoms with E-state index in [0.717, 1.165) is 11.2 Å². The first-order valence-electron chi connectivity index (χ1n) is 7.68. The number of carbonyl (C=O) groups is 1. The van der Waals surface area contributed by atoms with E-state index in [9.17, 15) is 9.00 Å². The highest BCUT2D eigenvalue weighted by atomic mass is 32.2. The van der Waals surface area contributed by atoms with Gasteiger partial charge in [-0.05, 0) is 30.7 Å². The van der Waals surface area contributed by atoms with Crippen molar-refractivity contribution in [1.29, 1.82) is 0 Å². The highest BCUT2D eigenvalue weighted by Crippen LogP contribution is 2.16. The highest BCUT2D eigenvalue weighted by Gasteiger charge is 2.16. The first-order chi connectivity index (χ1) is 11.6. The standard InChI is InChI=1S/C18H18N2O3S/c1-3-24(22)16-9-5-4-8-15(16)18(21)23-12-14-11-20-10-6-7-13(2)17(20)19-14/h4-11H,3,12H2,1-2H3. The minimum absolute atomic E-state index is 0.0764. The number of hydrogen-bond acceptors (Lipinski definition) is 4. The number of ether oxygens (including phenoxy) is 1. The summed E-state index contributed by atoms with van der Waals surface area (Å²) in [6.45, 7) is 3.87. The van der Waals surface area contributed by atoms with Gasteiger partial charge >= 0.3 is 5.97 Å². The van der Waals surface area contributed by atoms with Gasteiger partial charge in [-0.2, -0.15) is 0 Å². The van der Waals surface area contributed by atoms with Crippen molar-refractivity contribution in [2.75, 3.05) is 5.75 Å². The first-order valence-corrected chi connectivity index (χ1v) is 8.99. The smallest absolute Gasteiger partial charge is 0.339 e. The number of fused-ring (bicyclic) bond motifs is 1. The molecule has 0 aliphatic carbocycles. The molecule has 0 aliphatic heterocycles. The predicted octanol–water partition coefficient (Wildman–Crippen LogP) is 3.13. The van der Waals surface area contributed by atoms with Crippen LogP contribution in [0.2, 0.25) is 0 Å². The molecule has 0 aliphatic rings. The van der Waals surface area contributed by atoms with Gasteiger partial charge in [0.15, 0.2) is 0 Å². The van der Waals surface area contributed by atoms with Gasteiger partial charge in [0.1, 0.15) is 12.3 Å². The fourth-order valence-electron chi connectivity index (χ4n) is 2.48. The Morgan fingerprint density at radius 2 is 2.04 bits per heavy atom. The minimum atomic E-state index is -1.21. The number of pyridine rings is 1. The molecule has 6 heteroatoms. The van der Waals surface area contributed by atoms with Crippen LogP contribution < -0.4 is 0 Å². The zero-order chi connectivity index (χ0) is 17.1. The molecule has 0 N–H and O–H groups in total. The number of rotatable bonds is 5. The van der Waals surface area contributed by atoms with Gasteiger partial charge in [0, 0.05) is 18.1 Å². The topological polar surface area (TPSA) is 60.7 Å². The van der Waals surface area contributed by atoms with Crippen LogP contribution in [-0.2, 0) is 22.1 Å². The molecular weight excluding hydrogens is 324 g/mol. The number of aromatic nitrogens is 2. The van der Waals surface area contributed by atoms with Crippen molar-refractivity contribution < 1.29 is 13.7 Å². The molecule has 2 heterocycles. The molecule has 0 bridgehead atoms. The summed E-state index contributed by atoms with van der Waals surface area (Å²) in [7, 11) is -1.21. The summed E-state index contributed by atoms with van der Waals surface area (Å²) in [6.07, 6.45) is 3.74. The summed E-state index contributed by atoms with van der Waals surface area (Å²) < 4.78 is 19.3. The molecule has 1 atom stereocenters. The van der Waals surface area contributed by atoms with Crippen LogP contribution in [0.25, 0.3) is 5.65 Å². The van der Waals surface area contributed by atoms with E-state index in [1.807, 2.05) is 42.8 Å². The number of nitrogens with zero attached hydrogens (tertiary/aromatic N) is 2. The van der Waals surface area contributed by atoms with E-state index < -0.39 is 16.8 Å². The van der Waals surface area contributed by atoms with Crippen LogP contribution in [0.5, 0.6) is 0 Å². The SMILES string of the molecule is CCS(=O)c1ccccc1C(=O)OCc1cn2cccc(C)c2n1. The largest absolute Gasteiger partial charge is 0.455 e. The first kappa shape index (κ1) is 16.4. The van der Waals surface area contributed by atoms with Gasteiger partial charge < -0.3 is 9.14 Å². The lowest BCUT2D eigenvalue weighted by Gasteiger charge is -2.07. The summed E-state index contributed by atoms with van der Waals surface area (Å²) in [5, 5.41) is 0. The number of esters is 1. The highest BCUT2D eigenvalue weighted by molar-refractivity contribution is 7.85. The van der Waals surface area contributed by atoms with Crippen molar-refractivity contribution in [1.82, 2.24) is 9.38 Å². The second kappa shape index (κ2) is 6.97. The quantitative estimate of drug-likeness (QED) is 0.669. The third-order valence-corrected chi connectivity index (χ3v) is 5.06. The van der Waals surface area contributed by atoms with Crippen LogP contribution in [-0.4, -0.2) is 25.3 Å². The fraction of sp³-hybridized carbons (Fsp3) is 0.222. The van der Waals surface area contributed by atoms with Gasteiger partial charge in [0.25, 0.3) is 0 Å². The lowest BCUT2D eigenvalue weighted by molar-refractivity contribution is 0.0464. The third kappa shape index (κ3) is 3.23. The number of imidazole rings is 1. The summed E-state index contributed by atoms with van der Waals surface area (Å²) in [4.78, 5) is 17.3. The van der Waals surface area contributed by atoms with Crippen LogP contribution in [0.3, 0.4) is 0 Å². The summed E-state index contributed by atoms with van der Waals surface area (Å²) in [5.41, 5.74) is 2.92. The minimum Gasteiger partial charge on any atom is -0.455 e. The molecule has 0 fully saturated rings. The van der Waals surface area contributed by atoms with Gasteiger partial charge in [-0.15, -0.1) is 0 Å². The Hall–Kier alpha value is -2.47. The van der Waals surface area contributed by atoms with Gasteiger partial charge in [-0.25, -0.2) is 9.78 Å². The molecule has 1 aromatic carbocycles. The van der Waals surface area contributed by atoms with E-state index in [-0.39, 0.29) is 6.61 Å². The molecule has 3 aromatic rings. The number of aryl methyl sites for hydroxylation is 1. The molecule has 0 saturated heterocycles. The van der Waals surface area contributed by atoms with E-state index in [4.69, 9.17) is 4.74 Å². The van der Waals surface area contributed by atoms with Crippen LogP contribution in [0.4, 0.5) is 0 Å². The Morgan fingerprint density at radius 3 is 2.79 bits per heavy atom. The van der Waals surface area contributed by atoms with Gasteiger partial charge in [-0.1, -0.05) is 25.1 Å². The summed E-state index contributed by atoms with van der Waals surface area (Å²) in [5.74, 6) is -0.0306. The fourth-order valence-corrected chi connectivity index (χ4v) is 3.42. The zero-order valence-corrected chi connectivity index (χ0v) is 14.4. The van der Waals surface area contributed by atoms with E-state index >= 15 is 0 Å². The lowest BCUT2D eigenvalue weighted by Crippen LogP contribution is -2.10. The normalized spacial score (nSPS) is 12.2. The average molecular weight is 342 g/mol. The Bertz CT molecular complexity index is 918. The van der Waals surface area contributed by atoms with E-state index in [1.54, 1.807) is 24.3 Å². The van der Waals surface area contributed by atoms with Crippen LogP contribution in [0.1, 0.15) is 28.5 Å². The van der Waals surface area contributed by atoms with Crippen molar-refractivity contribution in [3.05, 3.63) is 65.6 Å². The summed E-state index contributed by atoms with van der Waals surface area (Å²) >= 11 is 0. The second-order valence-electron chi connectivity index (χ2n) is 5.36. The Kier molecular flexibility index (Phi) is 4.76. The average Bonchev–Trinajstić information content (AvgIpc) is 3.03. The molecule has 3 rings (SSSR count). The molecule has 124 valence electrons. The number of hydrogen-bond donors (Lipinski definition) is 0. The molecule has 0 saturated carbocycles. The number of carbonyl (C=O) groups excluding carboxylic acids is 1. The summed E-state index contributed by atoms with van der Waals surface area (Å²) in [6, 6.07) is 10.8. The molecule has 0 amide bonds. The van der Waals surface area contributed by atoms with E-state index in [0.29, 0.717) is 21.9 Å². The third-order valence-electron chi connectivity index (χ3n) is 3.69. The molecule has 5 nitrogen and oxygen atoms in total. The van der Waals surface area contributed by atoms with E-state index in [2.05, 4.69) is 4.98 Å². The van der Waals surface area contributed by atoms with Crippen molar-refractivity contribution in [3.63, 3.8) is 0 Å². The van der Waals surface area contributed by atoms with Crippen LogP contribution >= 0.6 is 0 Å². The maximum atomic E-state index is 12.4. The maximum absolute atomic E-state index is 12.4. The Balaban J connectivity index is 1.78. The molecular formula is C18H18N2O3S. The number of benzene rings is 1. The van der Waals surface area contributed by atoms with Crippen molar-refractivity contribution in [2.45, 2.75) is 25.3 Å². The molecule has 24 heavy (non-hydrogen) atoms.